The molecule has 0 heterocycles. The normalized spacial score (nSPS) is 10.4. The van der Waals surface area contributed by atoms with E-state index in [0.29, 0.717) is 61.1 Å². The molecular weight excluding hydrogens is 464 g/mol. The lowest BCUT2D eigenvalue weighted by Gasteiger charge is -2.14. The summed E-state index contributed by atoms with van der Waals surface area (Å²) in [6.45, 7) is 6.68. The molecule has 2 aromatic carbocycles. The molecule has 1 amide bonds. The largest absolute Gasteiger partial charge is 0.490 e. The highest BCUT2D eigenvalue weighted by Gasteiger charge is 2.14. The van der Waals surface area contributed by atoms with Crippen LogP contribution in [-0.4, -0.2) is 38.9 Å². The SMILES string of the molecule is CCOCCOCc1cccc(CNC(=O)COc2c(Br)cc(C#N)cc2OCC)c1. The molecule has 0 saturated heterocycles. The molecule has 0 atom stereocenters. The van der Waals surface area contributed by atoms with Gasteiger partial charge < -0.3 is 24.3 Å². The van der Waals surface area contributed by atoms with Gasteiger partial charge in [-0.2, -0.15) is 5.26 Å². The van der Waals surface area contributed by atoms with Crippen LogP contribution in [0.4, 0.5) is 0 Å². The molecule has 0 aliphatic rings. The van der Waals surface area contributed by atoms with E-state index in [0.717, 1.165) is 11.1 Å². The van der Waals surface area contributed by atoms with E-state index in [1.54, 1.807) is 12.1 Å². The van der Waals surface area contributed by atoms with Crippen molar-refractivity contribution in [1.82, 2.24) is 5.32 Å². The van der Waals surface area contributed by atoms with Crippen LogP contribution < -0.4 is 14.8 Å². The average molecular weight is 491 g/mol. The molecule has 0 unspecified atom stereocenters. The Balaban J connectivity index is 1.85. The van der Waals surface area contributed by atoms with Crippen LogP contribution in [0, 0.1) is 11.3 Å². The van der Waals surface area contributed by atoms with Gasteiger partial charge in [0.05, 0.1) is 42.5 Å². The number of benzene rings is 2. The van der Waals surface area contributed by atoms with Crippen LogP contribution in [0.3, 0.4) is 0 Å². The van der Waals surface area contributed by atoms with Gasteiger partial charge in [-0.3, -0.25) is 4.79 Å². The maximum atomic E-state index is 12.3. The average Bonchev–Trinajstić information content (AvgIpc) is 2.77. The van der Waals surface area contributed by atoms with Crippen molar-refractivity contribution in [2.45, 2.75) is 27.0 Å². The lowest BCUT2D eigenvalue weighted by molar-refractivity contribution is -0.123. The Bertz CT molecular complexity index is 898. The molecule has 0 saturated carbocycles. The van der Waals surface area contributed by atoms with Crippen LogP contribution in [0.25, 0.3) is 0 Å². The second kappa shape index (κ2) is 13.7. The van der Waals surface area contributed by atoms with Crippen LogP contribution in [0.15, 0.2) is 40.9 Å². The molecule has 2 aromatic rings. The van der Waals surface area contributed by atoms with Crippen molar-refractivity contribution in [3.63, 3.8) is 0 Å². The van der Waals surface area contributed by atoms with Gasteiger partial charge >= 0.3 is 0 Å². The minimum absolute atomic E-state index is 0.176. The highest BCUT2D eigenvalue weighted by molar-refractivity contribution is 9.10. The zero-order valence-electron chi connectivity index (χ0n) is 17.8. The Morgan fingerprint density at radius 1 is 1.06 bits per heavy atom. The Kier molecular flexibility index (Phi) is 10.9. The Labute approximate surface area is 191 Å². The van der Waals surface area contributed by atoms with Gasteiger partial charge in [0.2, 0.25) is 0 Å². The number of amides is 1. The van der Waals surface area contributed by atoms with Crippen molar-refractivity contribution in [2.24, 2.45) is 0 Å². The van der Waals surface area contributed by atoms with Gasteiger partial charge in [-0.25, -0.2) is 0 Å². The van der Waals surface area contributed by atoms with Gasteiger partial charge in [-0.05, 0) is 47.0 Å². The van der Waals surface area contributed by atoms with Crippen LogP contribution in [0.5, 0.6) is 11.5 Å². The van der Waals surface area contributed by atoms with E-state index in [-0.39, 0.29) is 12.5 Å². The predicted molar refractivity (Wildman–Crippen MR) is 120 cm³/mol. The van der Waals surface area contributed by atoms with E-state index in [4.69, 9.17) is 24.2 Å². The number of carbonyl (C=O) groups excluding carboxylic acids is 1. The summed E-state index contributed by atoms with van der Waals surface area (Å²) in [6.07, 6.45) is 0. The fraction of sp³-hybridized carbons (Fsp3) is 0.391. The first-order valence-electron chi connectivity index (χ1n) is 10.1. The van der Waals surface area contributed by atoms with E-state index in [9.17, 15) is 4.79 Å². The molecule has 7 nitrogen and oxygen atoms in total. The Morgan fingerprint density at radius 2 is 1.84 bits per heavy atom. The number of carbonyl (C=O) groups is 1. The summed E-state index contributed by atoms with van der Waals surface area (Å²) in [5.41, 5.74) is 2.44. The smallest absolute Gasteiger partial charge is 0.258 e. The topological polar surface area (TPSA) is 89.8 Å². The summed E-state index contributed by atoms with van der Waals surface area (Å²) < 4.78 is 22.6. The van der Waals surface area contributed by atoms with Crippen LogP contribution in [-0.2, 0) is 27.4 Å². The third kappa shape index (κ3) is 8.58. The van der Waals surface area contributed by atoms with Crippen molar-refractivity contribution in [3.8, 4) is 17.6 Å². The molecule has 0 aliphatic carbocycles. The minimum atomic E-state index is -0.267. The van der Waals surface area contributed by atoms with E-state index in [1.165, 1.54) is 0 Å². The van der Waals surface area contributed by atoms with Gasteiger partial charge in [0.25, 0.3) is 5.91 Å². The number of nitrogens with one attached hydrogen (secondary N) is 1. The van der Waals surface area contributed by atoms with Gasteiger partial charge in [-0.1, -0.05) is 24.3 Å². The summed E-state index contributed by atoms with van der Waals surface area (Å²) in [6, 6.07) is 13.1. The van der Waals surface area contributed by atoms with E-state index < -0.39 is 0 Å². The zero-order chi connectivity index (χ0) is 22.5. The maximum Gasteiger partial charge on any atom is 0.258 e. The number of hydrogen-bond acceptors (Lipinski definition) is 6. The van der Waals surface area contributed by atoms with Crippen LogP contribution >= 0.6 is 15.9 Å². The van der Waals surface area contributed by atoms with Crippen molar-refractivity contribution in [2.75, 3.05) is 33.0 Å². The van der Waals surface area contributed by atoms with Gasteiger partial charge in [-0.15, -0.1) is 0 Å². The summed E-state index contributed by atoms with van der Waals surface area (Å²) in [5, 5.41) is 11.9. The first-order valence-corrected chi connectivity index (χ1v) is 10.9. The number of nitrogens with zero attached hydrogens (tertiary/aromatic N) is 1. The molecule has 0 spiro atoms. The molecule has 0 bridgehead atoms. The third-order valence-corrected chi connectivity index (χ3v) is 4.70. The first-order chi connectivity index (χ1) is 15.1. The molecule has 31 heavy (non-hydrogen) atoms. The zero-order valence-corrected chi connectivity index (χ0v) is 19.4. The summed E-state index contributed by atoms with van der Waals surface area (Å²) in [4.78, 5) is 12.3. The molecule has 0 radical (unpaired) electrons. The fourth-order valence-corrected chi connectivity index (χ4v) is 3.26. The van der Waals surface area contributed by atoms with Crippen molar-refractivity contribution in [3.05, 3.63) is 57.6 Å². The Morgan fingerprint density at radius 3 is 2.58 bits per heavy atom. The van der Waals surface area contributed by atoms with E-state index in [1.807, 2.05) is 38.1 Å². The quantitative estimate of drug-likeness (QED) is 0.427. The van der Waals surface area contributed by atoms with Gasteiger partial charge in [0.1, 0.15) is 0 Å². The lowest BCUT2D eigenvalue weighted by Crippen LogP contribution is -2.28. The van der Waals surface area contributed by atoms with Crippen molar-refractivity contribution < 1.29 is 23.7 Å². The first kappa shape index (κ1) is 24.7. The molecule has 8 heteroatoms. The predicted octanol–water partition coefficient (Wildman–Crippen LogP) is 3.97. The highest BCUT2D eigenvalue weighted by Crippen LogP contribution is 2.36. The van der Waals surface area contributed by atoms with Crippen molar-refractivity contribution >= 4 is 21.8 Å². The molecule has 2 rings (SSSR count). The molecule has 0 aliphatic heterocycles. The van der Waals surface area contributed by atoms with Crippen LogP contribution in [0.2, 0.25) is 0 Å². The molecule has 0 aromatic heterocycles. The van der Waals surface area contributed by atoms with Crippen molar-refractivity contribution in [1.29, 1.82) is 5.26 Å². The maximum absolute atomic E-state index is 12.3. The number of ether oxygens (including phenoxy) is 4. The number of rotatable bonds is 13. The number of nitriles is 1. The Hall–Kier alpha value is -2.60. The standard InChI is InChI=1S/C23H27BrN2O5/c1-3-28-8-9-29-15-18-7-5-6-17(10-18)14-26-22(27)16-31-23-20(24)11-19(13-25)12-21(23)30-4-2/h5-7,10-12H,3-4,8-9,14-16H2,1-2H3,(H,26,27). The van der Waals surface area contributed by atoms with E-state index >= 15 is 0 Å². The summed E-state index contributed by atoms with van der Waals surface area (Å²) in [5.74, 6) is 0.539. The fourth-order valence-electron chi connectivity index (χ4n) is 2.71. The monoisotopic (exact) mass is 490 g/mol. The molecule has 166 valence electrons. The second-order valence-electron chi connectivity index (χ2n) is 6.47. The molecule has 0 fully saturated rings. The van der Waals surface area contributed by atoms with Gasteiger partial charge in [0, 0.05) is 19.2 Å². The van der Waals surface area contributed by atoms with Crippen LogP contribution in [0.1, 0.15) is 30.5 Å². The highest BCUT2D eigenvalue weighted by atomic mass is 79.9. The molecular formula is C23H27BrN2O5. The molecule has 1 N–H and O–H groups in total. The summed E-state index contributed by atoms with van der Waals surface area (Å²) in [7, 11) is 0. The van der Waals surface area contributed by atoms with E-state index in [2.05, 4.69) is 27.3 Å². The minimum Gasteiger partial charge on any atom is -0.490 e. The van der Waals surface area contributed by atoms with Gasteiger partial charge in [0.15, 0.2) is 18.1 Å². The number of halogens is 1. The second-order valence-corrected chi connectivity index (χ2v) is 7.32. The number of hydrogen-bond donors (Lipinski definition) is 1. The summed E-state index contributed by atoms with van der Waals surface area (Å²) >= 11 is 3.37. The third-order valence-electron chi connectivity index (χ3n) is 4.11. The lowest BCUT2D eigenvalue weighted by atomic mass is 10.1.